The summed E-state index contributed by atoms with van der Waals surface area (Å²) in [6, 6.07) is 3.15. The molecule has 2 amide bonds. The molecule has 1 aromatic heterocycles. The number of pyridine rings is 1. The molecule has 172 valence electrons. The molecule has 3 heterocycles. The summed E-state index contributed by atoms with van der Waals surface area (Å²) >= 11 is 0. The van der Waals surface area contributed by atoms with Crippen LogP contribution < -0.4 is 16.8 Å². The zero-order chi connectivity index (χ0) is 23.7. The van der Waals surface area contributed by atoms with Gasteiger partial charge in [-0.15, -0.1) is 0 Å². The third-order valence-electron chi connectivity index (χ3n) is 5.19. The highest BCUT2D eigenvalue weighted by atomic mass is 32.2. The Hall–Kier alpha value is -3.68. The van der Waals surface area contributed by atoms with Gasteiger partial charge in [-0.2, -0.15) is 0 Å². The highest BCUT2D eigenvalue weighted by Gasteiger charge is 2.72. The molecule has 1 unspecified atom stereocenters. The number of carbonyl (C=O) groups excluding carboxylic acids is 2. The van der Waals surface area contributed by atoms with Crippen LogP contribution in [0.4, 0.5) is 4.79 Å². The fourth-order valence-electron chi connectivity index (χ4n) is 3.62. The van der Waals surface area contributed by atoms with Crippen molar-refractivity contribution in [2.75, 3.05) is 19.7 Å². The van der Waals surface area contributed by atoms with E-state index in [0.29, 0.717) is 5.69 Å². The van der Waals surface area contributed by atoms with Gasteiger partial charge in [0.15, 0.2) is 27.2 Å². The van der Waals surface area contributed by atoms with E-state index in [1.807, 2.05) is 0 Å². The minimum absolute atomic E-state index is 0.00670. The summed E-state index contributed by atoms with van der Waals surface area (Å²) in [4.78, 5) is 45.0. The summed E-state index contributed by atoms with van der Waals surface area (Å²) in [6.45, 7) is 0.429. The van der Waals surface area contributed by atoms with E-state index in [-0.39, 0.29) is 24.6 Å². The Morgan fingerprint density at radius 2 is 2.12 bits per heavy atom. The Bertz CT molecular complexity index is 1100. The highest BCUT2D eigenvalue weighted by molar-refractivity contribution is 7.94. The van der Waals surface area contributed by atoms with Crippen molar-refractivity contribution in [2.45, 2.75) is 23.1 Å². The molecule has 1 aromatic rings. The molecular weight excluding hydrogens is 444 g/mol. The number of sulfone groups is 1. The summed E-state index contributed by atoms with van der Waals surface area (Å²) in [5.74, 6) is -2.43. The van der Waals surface area contributed by atoms with Crippen LogP contribution in [0.2, 0.25) is 0 Å². The number of rotatable bonds is 7. The number of ether oxygens (including phenoxy) is 1. The van der Waals surface area contributed by atoms with Crippen LogP contribution in [0.25, 0.3) is 6.08 Å². The van der Waals surface area contributed by atoms with E-state index in [1.165, 1.54) is 12.3 Å². The number of carboxylic acids is 1. The molecule has 0 aliphatic carbocycles. The number of nitrogens with two attached hydrogens (primary N) is 2. The molecule has 2 aliphatic heterocycles. The number of guanidine groups is 1. The maximum absolute atomic E-state index is 13.3. The van der Waals surface area contributed by atoms with Crippen LogP contribution in [0, 0.1) is 0 Å². The Morgan fingerprint density at radius 1 is 1.41 bits per heavy atom. The van der Waals surface area contributed by atoms with Crippen molar-refractivity contribution >= 4 is 39.8 Å². The van der Waals surface area contributed by atoms with Crippen LogP contribution in [-0.2, 0) is 24.2 Å². The molecule has 6 N–H and O–H groups in total. The van der Waals surface area contributed by atoms with Crippen LogP contribution in [0.15, 0.2) is 35.0 Å². The smallest absolute Gasteiger partial charge is 0.407 e. The number of aliphatic carboxylic acids is 1. The lowest BCUT2D eigenvalue weighted by Gasteiger charge is -2.37. The van der Waals surface area contributed by atoms with Crippen molar-refractivity contribution < 1.29 is 32.6 Å². The van der Waals surface area contributed by atoms with Gasteiger partial charge in [0.1, 0.15) is 11.4 Å². The van der Waals surface area contributed by atoms with Gasteiger partial charge in [-0.1, -0.05) is 6.07 Å². The van der Waals surface area contributed by atoms with E-state index in [4.69, 9.17) is 16.2 Å². The summed E-state index contributed by atoms with van der Waals surface area (Å²) < 4.78 is 29.5. The first-order valence-corrected chi connectivity index (χ1v) is 10.9. The van der Waals surface area contributed by atoms with Crippen molar-refractivity contribution in [3.8, 4) is 0 Å². The van der Waals surface area contributed by atoms with Crippen LogP contribution >= 0.6 is 0 Å². The number of hydrogen-bond acceptors (Lipinski definition) is 8. The van der Waals surface area contributed by atoms with Gasteiger partial charge in [-0.3, -0.25) is 14.8 Å². The minimum Gasteiger partial charge on any atom is -0.480 e. The zero-order valence-corrected chi connectivity index (χ0v) is 17.8. The predicted molar refractivity (Wildman–Crippen MR) is 112 cm³/mol. The van der Waals surface area contributed by atoms with E-state index >= 15 is 0 Å². The average molecular weight is 466 g/mol. The highest BCUT2D eigenvalue weighted by Crippen LogP contribution is 2.49. The standard InChI is InChI=1S/C18H22N6O7S/c1-18(9-31-17(28)23-7-6-22-16(19)20)12(15(26)27)24-13(25)11(14(24)32(18,29)30)8-10-4-2-3-5-21-10/h2-5,8,12,14H,6-7,9H2,1H3,(H,23,28)(H,26,27)(H4,19,20,22)/t12-,14+,18?/m0/s1. The third kappa shape index (κ3) is 3.84. The summed E-state index contributed by atoms with van der Waals surface area (Å²) in [5, 5.41) is 10.5. The molecule has 0 spiro atoms. The summed E-state index contributed by atoms with van der Waals surface area (Å²) in [7, 11) is -4.29. The molecule has 13 nitrogen and oxygen atoms in total. The number of amides is 2. The molecule has 2 aliphatic rings. The largest absolute Gasteiger partial charge is 0.480 e. The Balaban J connectivity index is 1.82. The fraction of sp³-hybridized carbons (Fsp3) is 0.389. The number of fused-ring (bicyclic) bond motifs is 1. The molecule has 0 aromatic carbocycles. The second kappa shape index (κ2) is 8.45. The van der Waals surface area contributed by atoms with Crippen molar-refractivity contribution in [1.82, 2.24) is 15.2 Å². The lowest BCUT2D eigenvalue weighted by Crippen LogP contribution is -2.59. The van der Waals surface area contributed by atoms with Crippen LogP contribution in [0.5, 0.6) is 0 Å². The maximum Gasteiger partial charge on any atom is 0.407 e. The molecule has 3 atom stereocenters. The van der Waals surface area contributed by atoms with Gasteiger partial charge in [-0.25, -0.2) is 18.0 Å². The Labute approximate surface area is 183 Å². The van der Waals surface area contributed by atoms with E-state index in [1.54, 1.807) is 18.2 Å². The van der Waals surface area contributed by atoms with Gasteiger partial charge in [0.2, 0.25) is 0 Å². The van der Waals surface area contributed by atoms with E-state index in [0.717, 1.165) is 11.8 Å². The first-order valence-electron chi connectivity index (χ1n) is 9.38. The van der Waals surface area contributed by atoms with E-state index in [9.17, 15) is 27.9 Å². The number of nitrogens with one attached hydrogen (secondary N) is 1. The van der Waals surface area contributed by atoms with Gasteiger partial charge >= 0.3 is 12.1 Å². The Kier molecular flexibility index (Phi) is 6.07. The Morgan fingerprint density at radius 3 is 2.72 bits per heavy atom. The van der Waals surface area contributed by atoms with Gasteiger partial charge in [0, 0.05) is 12.7 Å². The summed E-state index contributed by atoms with van der Waals surface area (Å²) in [6.07, 6.45) is 1.80. The van der Waals surface area contributed by atoms with Gasteiger partial charge in [-0.05, 0) is 25.1 Å². The fourth-order valence-corrected chi connectivity index (χ4v) is 5.90. The molecule has 2 fully saturated rings. The van der Waals surface area contributed by atoms with Gasteiger partial charge in [0.05, 0.1) is 17.8 Å². The quantitative estimate of drug-likeness (QED) is 0.117. The van der Waals surface area contributed by atoms with E-state index < -0.39 is 50.6 Å². The SMILES string of the molecule is CC1(COC(=O)NCCN=C(N)N)[C@H](C(=O)O)N2C(=O)C(=Cc3ccccn3)[C@H]2S1(=O)=O. The zero-order valence-electron chi connectivity index (χ0n) is 17.0. The molecular formula is C18H22N6O7S. The monoisotopic (exact) mass is 466 g/mol. The van der Waals surface area contributed by atoms with E-state index in [2.05, 4.69) is 15.3 Å². The second-order valence-corrected chi connectivity index (χ2v) is 9.80. The van der Waals surface area contributed by atoms with Crippen molar-refractivity contribution in [1.29, 1.82) is 0 Å². The first kappa shape index (κ1) is 23.0. The van der Waals surface area contributed by atoms with Crippen LogP contribution in [0.3, 0.4) is 0 Å². The second-order valence-electron chi connectivity index (χ2n) is 7.33. The molecule has 3 rings (SSSR count). The molecule has 32 heavy (non-hydrogen) atoms. The van der Waals surface area contributed by atoms with Crippen molar-refractivity contribution in [2.24, 2.45) is 16.5 Å². The predicted octanol–water partition coefficient (Wildman–Crippen LogP) is -1.73. The van der Waals surface area contributed by atoms with Crippen molar-refractivity contribution in [3.05, 3.63) is 35.7 Å². The topological polar surface area (TPSA) is 207 Å². The first-order chi connectivity index (χ1) is 15.0. The molecule has 0 bridgehead atoms. The number of carbonyl (C=O) groups is 3. The number of aromatic nitrogens is 1. The third-order valence-corrected chi connectivity index (χ3v) is 7.90. The van der Waals surface area contributed by atoms with Crippen molar-refractivity contribution in [3.63, 3.8) is 0 Å². The minimum atomic E-state index is -4.29. The number of nitrogens with zero attached hydrogens (tertiary/aromatic N) is 3. The number of carboxylic acid groups (broad SMARTS) is 1. The summed E-state index contributed by atoms with van der Waals surface area (Å²) in [5.41, 5.74) is 10.6. The molecule has 0 saturated carbocycles. The number of aliphatic imine (C=N–C) groups is 1. The molecule has 0 radical (unpaired) electrons. The lowest BCUT2D eigenvalue weighted by molar-refractivity contribution is -0.153. The molecule has 2 saturated heterocycles. The number of alkyl carbamates (subject to hydrolysis) is 1. The number of hydrogen-bond donors (Lipinski definition) is 4. The van der Waals surface area contributed by atoms with Gasteiger partial charge < -0.3 is 31.5 Å². The number of β-lactam (4-membered cyclic amide) rings is 1. The van der Waals surface area contributed by atoms with Gasteiger partial charge in [0.25, 0.3) is 5.91 Å². The van der Waals surface area contributed by atoms with Crippen LogP contribution in [-0.4, -0.2) is 83.2 Å². The lowest BCUT2D eigenvalue weighted by atomic mass is 9.94. The normalized spacial score (nSPS) is 26.7. The average Bonchev–Trinajstić information content (AvgIpc) is 2.90. The molecule has 14 heteroatoms. The van der Waals surface area contributed by atoms with Crippen LogP contribution in [0.1, 0.15) is 12.6 Å². The maximum atomic E-state index is 13.3.